The van der Waals surface area contributed by atoms with Gasteiger partial charge in [-0.3, -0.25) is 9.98 Å². The summed E-state index contributed by atoms with van der Waals surface area (Å²) in [4.78, 5) is 11.9. The van der Waals surface area contributed by atoms with E-state index in [4.69, 9.17) is 0 Å². The van der Waals surface area contributed by atoms with E-state index >= 15 is 0 Å². The van der Waals surface area contributed by atoms with Gasteiger partial charge in [-0.2, -0.15) is 0 Å². The van der Waals surface area contributed by atoms with Crippen LogP contribution in [-0.4, -0.2) is 36.5 Å². The molecule has 0 fully saturated rings. The summed E-state index contributed by atoms with van der Waals surface area (Å²) in [6.45, 7) is 3.80. The molecule has 0 radical (unpaired) electrons. The standard InChI is InChI=1S/C16H21BrN4S.HI/c1-12-10-19-8-6-13(12)7-9-20-16(18-2)21(3)11-14-4-5-15(17)22-14;/h4-6,8,10H,7,9,11H2,1-3H3,(H,18,20);1H. The van der Waals surface area contributed by atoms with Gasteiger partial charge in [0.2, 0.25) is 0 Å². The maximum atomic E-state index is 4.36. The zero-order valence-corrected chi connectivity index (χ0v) is 18.3. The first-order valence-electron chi connectivity index (χ1n) is 7.15. The van der Waals surface area contributed by atoms with Crippen LogP contribution in [0.15, 0.2) is 39.4 Å². The van der Waals surface area contributed by atoms with Crippen molar-refractivity contribution in [2.24, 2.45) is 4.99 Å². The fourth-order valence-electron chi connectivity index (χ4n) is 2.22. The molecule has 1 N–H and O–H groups in total. The molecule has 0 aliphatic carbocycles. The summed E-state index contributed by atoms with van der Waals surface area (Å²) in [5.74, 6) is 0.913. The zero-order valence-electron chi connectivity index (χ0n) is 13.5. The molecule has 0 aliphatic rings. The van der Waals surface area contributed by atoms with E-state index in [-0.39, 0.29) is 24.0 Å². The molecule has 0 bridgehead atoms. The Bertz CT molecular complexity index is 645. The van der Waals surface area contributed by atoms with Crippen molar-refractivity contribution < 1.29 is 0 Å². The van der Waals surface area contributed by atoms with Gasteiger partial charge >= 0.3 is 0 Å². The van der Waals surface area contributed by atoms with Crippen molar-refractivity contribution in [3.63, 3.8) is 0 Å². The summed E-state index contributed by atoms with van der Waals surface area (Å²) in [6.07, 6.45) is 4.72. The molecule has 0 aromatic carbocycles. The van der Waals surface area contributed by atoms with Crippen molar-refractivity contribution >= 4 is 57.2 Å². The summed E-state index contributed by atoms with van der Waals surface area (Å²) < 4.78 is 1.16. The van der Waals surface area contributed by atoms with Gasteiger partial charge in [-0.05, 0) is 58.6 Å². The number of aryl methyl sites for hydroxylation is 1. The summed E-state index contributed by atoms with van der Waals surface area (Å²) in [5.41, 5.74) is 2.55. The number of rotatable bonds is 5. The molecule has 2 heterocycles. The van der Waals surface area contributed by atoms with Gasteiger partial charge in [0, 0.05) is 37.9 Å². The quantitative estimate of drug-likeness (QED) is 0.376. The summed E-state index contributed by atoms with van der Waals surface area (Å²) in [5, 5.41) is 3.42. The number of aromatic nitrogens is 1. The SMILES string of the molecule is CN=C(NCCc1ccncc1C)N(C)Cc1ccc(Br)s1.I. The highest BCUT2D eigenvalue weighted by Gasteiger charge is 2.08. The van der Waals surface area contributed by atoms with Crippen molar-refractivity contribution in [1.29, 1.82) is 0 Å². The van der Waals surface area contributed by atoms with Gasteiger partial charge in [0.25, 0.3) is 0 Å². The molecule has 0 unspecified atom stereocenters. The highest BCUT2D eigenvalue weighted by molar-refractivity contribution is 14.0. The number of aliphatic imine (C=N–C) groups is 1. The molecule has 7 heteroatoms. The number of hydrogen-bond donors (Lipinski definition) is 1. The topological polar surface area (TPSA) is 40.5 Å². The summed E-state index contributed by atoms with van der Waals surface area (Å²) in [7, 11) is 3.88. The van der Waals surface area contributed by atoms with Crippen molar-refractivity contribution in [1.82, 2.24) is 15.2 Å². The Morgan fingerprint density at radius 3 is 2.78 bits per heavy atom. The number of halogens is 2. The smallest absolute Gasteiger partial charge is 0.193 e. The van der Waals surface area contributed by atoms with Crippen LogP contribution in [0.25, 0.3) is 0 Å². The number of guanidine groups is 1. The minimum absolute atomic E-state index is 0. The molecule has 2 aromatic heterocycles. The first-order valence-corrected chi connectivity index (χ1v) is 8.76. The van der Waals surface area contributed by atoms with Crippen LogP contribution in [0.4, 0.5) is 0 Å². The molecule has 0 atom stereocenters. The van der Waals surface area contributed by atoms with Crippen LogP contribution in [0.2, 0.25) is 0 Å². The first kappa shape index (κ1) is 20.4. The third-order valence-electron chi connectivity index (χ3n) is 3.41. The van der Waals surface area contributed by atoms with E-state index in [0.717, 1.165) is 29.3 Å². The van der Waals surface area contributed by atoms with Gasteiger partial charge in [-0.15, -0.1) is 35.3 Å². The molecule has 0 spiro atoms. The highest BCUT2D eigenvalue weighted by atomic mass is 127. The van der Waals surface area contributed by atoms with Crippen molar-refractivity contribution in [3.8, 4) is 0 Å². The molecule has 126 valence electrons. The monoisotopic (exact) mass is 508 g/mol. The third-order valence-corrected chi connectivity index (χ3v) is 5.02. The Labute approximate surface area is 167 Å². The Morgan fingerprint density at radius 1 is 1.39 bits per heavy atom. The van der Waals surface area contributed by atoms with E-state index in [1.807, 2.05) is 19.4 Å². The molecular formula is C16H22BrIN4S. The first-order chi connectivity index (χ1) is 10.6. The van der Waals surface area contributed by atoms with E-state index < -0.39 is 0 Å². The second-order valence-electron chi connectivity index (χ2n) is 5.09. The molecule has 2 aromatic rings. The maximum Gasteiger partial charge on any atom is 0.193 e. The average molecular weight is 509 g/mol. The lowest BCUT2D eigenvalue weighted by atomic mass is 10.1. The second kappa shape index (κ2) is 10.2. The lowest BCUT2D eigenvalue weighted by Gasteiger charge is -2.21. The Kier molecular flexibility index (Phi) is 9.08. The molecular weight excluding hydrogens is 487 g/mol. The fraction of sp³-hybridized carbons (Fsp3) is 0.375. The van der Waals surface area contributed by atoms with E-state index in [9.17, 15) is 0 Å². The predicted molar refractivity (Wildman–Crippen MR) is 113 cm³/mol. The molecule has 4 nitrogen and oxygen atoms in total. The molecule has 0 saturated carbocycles. The third kappa shape index (κ3) is 6.39. The van der Waals surface area contributed by atoms with Gasteiger partial charge in [0.15, 0.2) is 5.96 Å². The van der Waals surface area contributed by atoms with E-state index in [2.05, 4.69) is 68.3 Å². The van der Waals surface area contributed by atoms with Crippen LogP contribution in [0.5, 0.6) is 0 Å². The largest absolute Gasteiger partial charge is 0.356 e. The van der Waals surface area contributed by atoms with E-state index in [1.54, 1.807) is 11.3 Å². The second-order valence-corrected chi connectivity index (χ2v) is 7.64. The predicted octanol–water partition coefficient (Wildman–Crippen LogP) is 4.08. The minimum Gasteiger partial charge on any atom is -0.356 e. The fourth-order valence-corrected chi connectivity index (χ4v) is 3.76. The maximum absolute atomic E-state index is 4.36. The normalized spacial score (nSPS) is 11.0. The van der Waals surface area contributed by atoms with Gasteiger partial charge in [0.1, 0.15) is 0 Å². The van der Waals surface area contributed by atoms with Crippen molar-refractivity contribution in [2.45, 2.75) is 19.9 Å². The average Bonchev–Trinajstić information content (AvgIpc) is 2.90. The number of nitrogens with zero attached hydrogens (tertiary/aromatic N) is 3. The van der Waals surface area contributed by atoms with Crippen LogP contribution in [0.3, 0.4) is 0 Å². The number of nitrogens with one attached hydrogen (secondary N) is 1. The molecule has 0 saturated heterocycles. The summed E-state index contributed by atoms with van der Waals surface area (Å²) >= 11 is 5.25. The molecule has 0 aliphatic heterocycles. The van der Waals surface area contributed by atoms with E-state index in [0.29, 0.717) is 0 Å². The van der Waals surface area contributed by atoms with Gasteiger partial charge in [0.05, 0.1) is 10.3 Å². The zero-order chi connectivity index (χ0) is 15.9. The molecule has 23 heavy (non-hydrogen) atoms. The van der Waals surface area contributed by atoms with E-state index in [1.165, 1.54) is 16.0 Å². The Hall–Kier alpha value is -0.670. The van der Waals surface area contributed by atoms with Crippen LogP contribution in [0, 0.1) is 6.92 Å². The summed E-state index contributed by atoms with van der Waals surface area (Å²) in [6, 6.07) is 6.29. The highest BCUT2D eigenvalue weighted by Crippen LogP contribution is 2.22. The Balaban J connectivity index is 0.00000264. The van der Waals surface area contributed by atoms with Gasteiger partial charge in [-0.1, -0.05) is 0 Å². The number of thiophene rings is 1. The van der Waals surface area contributed by atoms with Crippen LogP contribution < -0.4 is 5.32 Å². The number of hydrogen-bond acceptors (Lipinski definition) is 3. The van der Waals surface area contributed by atoms with Crippen LogP contribution in [0.1, 0.15) is 16.0 Å². The minimum atomic E-state index is 0. The van der Waals surface area contributed by atoms with Crippen LogP contribution >= 0.6 is 51.2 Å². The molecule has 2 rings (SSSR count). The lowest BCUT2D eigenvalue weighted by molar-refractivity contribution is 0.482. The number of pyridine rings is 1. The van der Waals surface area contributed by atoms with Crippen molar-refractivity contribution in [3.05, 3.63) is 50.4 Å². The van der Waals surface area contributed by atoms with Crippen molar-refractivity contribution in [2.75, 3.05) is 20.6 Å². The van der Waals surface area contributed by atoms with Crippen LogP contribution in [-0.2, 0) is 13.0 Å². The molecule has 0 amide bonds. The Morgan fingerprint density at radius 2 is 2.17 bits per heavy atom. The lowest BCUT2D eigenvalue weighted by Crippen LogP contribution is -2.39. The van der Waals surface area contributed by atoms with Gasteiger partial charge in [-0.25, -0.2) is 0 Å². The van der Waals surface area contributed by atoms with Gasteiger partial charge < -0.3 is 10.2 Å².